The minimum absolute atomic E-state index is 1.18. The average Bonchev–Trinajstić information content (AvgIpc) is 2.79. The second kappa shape index (κ2) is 24.3. The molecule has 186 valence electrons. The molecule has 0 aromatic heterocycles. The lowest BCUT2D eigenvalue weighted by Gasteiger charge is -2.38. The van der Waals surface area contributed by atoms with Gasteiger partial charge in [0, 0.05) is 6.42 Å². The minimum Gasteiger partial charge on any atom is -0.324 e. The van der Waals surface area contributed by atoms with Crippen molar-refractivity contribution >= 4 is 0 Å². The van der Waals surface area contributed by atoms with Crippen LogP contribution in [0.15, 0.2) is 12.7 Å². The topological polar surface area (TPSA) is 0 Å². The van der Waals surface area contributed by atoms with Gasteiger partial charge in [0.05, 0.1) is 26.2 Å². The molecule has 0 radical (unpaired) electrons. The highest BCUT2D eigenvalue weighted by Gasteiger charge is 2.23. The summed E-state index contributed by atoms with van der Waals surface area (Å²) >= 11 is 0. The third kappa shape index (κ3) is 20.1. The van der Waals surface area contributed by atoms with Gasteiger partial charge in [0.25, 0.3) is 0 Å². The standard InChI is InChI=1S/C30H62N/c1-5-9-12-14-16-18-20-22-24-26-29-31(8-4,28-11-7-3)30-27-25-23-21-19-17-15-13-10-6-2/h7H,3,5-6,8-30H2,1-2,4H3/q+1. The highest BCUT2D eigenvalue weighted by atomic mass is 15.3. The van der Waals surface area contributed by atoms with Gasteiger partial charge in [0.2, 0.25) is 0 Å². The fraction of sp³-hybridized carbons (Fsp3) is 0.933. The smallest absolute Gasteiger partial charge is 0.0821 e. The highest BCUT2D eigenvalue weighted by molar-refractivity contribution is 4.66. The molecule has 0 heterocycles. The molecule has 0 N–H and O–H groups in total. The normalized spacial score (nSPS) is 11.8. The van der Waals surface area contributed by atoms with Crippen molar-refractivity contribution in [2.45, 2.75) is 156 Å². The van der Waals surface area contributed by atoms with Crippen molar-refractivity contribution in [3.05, 3.63) is 12.7 Å². The van der Waals surface area contributed by atoms with Gasteiger partial charge in [-0.3, -0.25) is 0 Å². The van der Waals surface area contributed by atoms with Crippen molar-refractivity contribution in [2.75, 3.05) is 26.2 Å². The van der Waals surface area contributed by atoms with Crippen molar-refractivity contribution in [1.29, 1.82) is 0 Å². The van der Waals surface area contributed by atoms with Gasteiger partial charge < -0.3 is 4.48 Å². The third-order valence-corrected chi connectivity index (χ3v) is 7.45. The molecule has 0 atom stereocenters. The van der Waals surface area contributed by atoms with E-state index < -0.39 is 0 Å². The molecule has 0 aliphatic rings. The van der Waals surface area contributed by atoms with Gasteiger partial charge in [-0.15, -0.1) is 6.58 Å². The Kier molecular flexibility index (Phi) is 24.1. The van der Waals surface area contributed by atoms with Gasteiger partial charge in [-0.2, -0.15) is 0 Å². The lowest BCUT2D eigenvalue weighted by atomic mass is 10.0. The van der Waals surface area contributed by atoms with Crippen LogP contribution in [0.4, 0.5) is 0 Å². The van der Waals surface area contributed by atoms with Crippen molar-refractivity contribution in [3.8, 4) is 0 Å². The molecule has 0 aromatic carbocycles. The van der Waals surface area contributed by atoms with Gasteiger partial charge in [-0.1, -0.05) is 123 Å². The summed E-state index contributed by atoms with van der Waals surface area (Å²) in [6, 6.07) is 0. The summed E-state index contributed by atoms with van der Waals surface area (Å²) in [6.45, 7) is 16.5. The molecule has 0 bridgehead atoms. The van der Waals surface area contributed by atoms with E-state index in [9.17, 15) is 0 Å². The molecule has 0 aliphatic carbocycles. The zero-order valence-electron chi connectivity index (χ0n) is 22.4. The number of nitrogens with zero attached hydrogens (tertiary/aromatic N) is 1. The molecular weight excluding hydrogens is 374 g/mol. The molecular formula is C30H62N+. The van der Waals surface area contributed by atoms with Crippen LogP contribution in [0.1, 0.15) is 156 Å². The molecule has 1 heteroatoms. The second-order valence-corrected chi connectivity index (χ2v) is 10.3. The molecule has 0 amide bonds. The van der Waals surface area contributed by atoms with Gasteiger partial charge in [0.15, 0.2) is 0 Å². The Bertz CT molecular complexity index is 324. The van der Waals surface area contributed by atoms with E-state index in [-0.39, 0.29) is 0 Å². The van der Waals surface area contributed by atoms with Crippen LogP contribution in [0, 0.1) is 0 Å². The van der Waals surface area contributed by atoms with Crippen LogP contribution in [0.2, 0.25) is 0 Å². The van der Waals surface area contributed by atoms with E-state index in [1.807, 2.05) is 0 Å². The van der Waals surface area contributed by atoms with Gasteiger partial charge >= 0.3 is 0 Å². The summed E-state index contributed by atoms with van der Waals surface area (Å²) in [5.74, 6) is 0. The van der Waals surface area contributed by atoms with Crippen LogP contribution in [0.25, 0.3) is 0 Å². The Morgan fingerprint density at radius 2 is 0.774 bits per heavy atom. The second-order valence-electron chi connectivity index (χ2n) is 10.3. The van der Waals surface area contributed by atoms with Crippen LogP contribution in [-0.2, 0) is 0 Å². The average molecular weight is 437 g/mol. The van der Waals surface area contributed by atoms with E-state index in [2.05, 4.69) is 33.4 Å². The Labute approximate surface area is 199 Å². The fourth-order valence-corrected chi connectivity index (χ4v) is 5.04. The van der Waals surface area contributed by atoms with Crippen LogP contribution in [-0.4, -0.2) is 30.7 Å². The molecule has 0 aromatic rings. The van der Waals surface area contributed by atoms with Crippen molar-refractivity contribution < 1.29 is 4.48 Å². The zero-order valence-corrected chi connectivity index (χ0v) is 22.4. The lowest BCUT2D eigenvalue weighted by molar-refractivity contribution is -0.926. The Hall–Kier alpha value is -0.300. The summed E-state index contributed by atoms with van der Waals surface area (Å²) in [4.78, 5) is 0. The minimum atomic E-state index is 1.18. The Morgan fingerprint density at radius 3 is 1.06 bits per heavy atom. The molecule has 0 unspecified atom stereocenters. The summed E-state index contributed by atoms with van der Waals surface area (Å²) in [5.41, 5.74) is 0. The summed E-state index contributed by atoms with van der Waals surface area (Å²) in [6.07, 6.45) is 32.2. The van der Waals surface area contributed by atoms with Gasteiger partial charge in [0.1, 0.15) is 0 Å². The van der Waals surface area contributed by atoms with E-state index in [0.717, 1.165) is 0 Å². The molecule has 0 aliphatic heterocycles. The molecule has 1 nitrogen and oxygen atoms in total. The lowest BCUT2D eigenvalue weighted by Crippen LogP contribution is -2.49. The van der Waals surface area contributed by atoms with E-state index in [1.165, 1.54) is 165 Å². The van der Waals surface area contributed by atoms with Crippen LogP contribution in [0.3, 0.4) is 0 Å². The summed E-state index contributed by atoms with van der Waals surface area (Å²) < 4.78 is 1.35. The third-order valence-electron chi connectivity index (χ3n) is 7.45. The number of unbranched alkanes of at least 4 members (excludes halogenated alkanes) is 18. The van der Waals surface area contributed by atoms with Crippen LogP contribution in [0.5, 0.6) is 0 Å². The zero-order chi connectivity index (χ0) is 22.9. The predicted molar refractivity (Wildman–Crippen MR) is 144 cm³/mol. The Balaban J connectivity index is 3.90. The fourth-order valence-electron chi connectivity index (χ4n) is 5.04. The highest BCUT2D eigenvalue weighted by Crippen LogP contribution is 2.17. The molecule has 0 fully saturated rings. The largest absolute Gasteiger partial charge is 0.324 e. The maximum absolute atomic E-state index is 4.00. The number of rotatable bonds is 26. The molecule has 0 saturated carbocycles. The van der Waals surface area contributed by atoms with E-state index in [0.29, 0.717) is 0 Å². The molecule has 0 rings (SSSR count). The predicted octanol–water partition coefficient (Wildman–Crippen LogP) is 10.2. The van der Waals surface area contributed by atoms with Crippen molar-refractivity contribution in [1.82, 2.24) is 0 Å². The number of hydrogen-bond acceptors (Lipinski definition) is 0. The summed E-state index contributed by atoms with van der Waals surface area (Å²) in [7, 11) is 0. The maximum atomic E-state index is 4.00. The van der Waals surface area contributed by atoms with E-state index in [1.54, 1.807) is 0 Å². The van der Waals surface area contributed by atoms with E-state index in [4.69, 9.17) is 0 Å². The van der Waals surface area contributed by atoms with Crippen molar-refractivity contribution in [2.24, 2.45) is 0 Å². The molecule has 31 heavy (non-hydrogen) atoms. The number of quaternary nitrogens is 1. The van der Waals surface area contributed by atoms with Gasteiger partial charge in [-0.25, -0.2) is 0 Å². The first-order chi connectivity index (χ1) is 15.2. The van der Waals surface area contributed by atoms with E-state index >= 15 is 0 Å². The maximum Gasteiger partial charge on any atom is 0.0821 e. The first-order valence-electron chi connectivity index (χ1n) is 14.7. The first-order valence-corrected chi connectivity index (χ1v) is 14.7. The molecule has 0 saturated heterocycles. The summed E-state index contributed by atoms with van der Waals surface area (Å²) in [5, 5.41) is 0. The Morgan fingerprint density at radius 1 is 0.452 bits per heavy atom. The monoisotopic (exact) mass is 436 g/mol. The van der Waals surface area contributed by atoms with Crippen LogP contribution >= 0.6 is 0 Å². The number of hydrogen-bond donors (Lipinski definition) is 0. The van der Waals surface area contributed by atoms with Crippen LogP contribution < -0.4 is 0 Å². The molecule has 0 spiro atoms. The first kappa shape index (κ1) is 30.7. The quantitative estimate of drug-likeness (QED) is 0.0718. The van der Waals surface area contributed by atoms with Gasteiger partial charge in [-0.05, 0) is 32.6 Å². The SMILES string of the molecule is C=CCC[N+](CC)(CCCCCCCCCCCC)CCCCCCCCCCCC. The van der Waals surface area contributed by atoms with Crippen molar-refractivity contribution in [3.63, 3.8) is 0 Å².